The standard InChI is InChI=1S/C14H22ClN3O/c1-3-11(4-2)18(7-8-19)13-6-5-10(14(16)17)9-12(13)15/h5-6,9,11,19H,3-4,7-8H2,1-2H3,(H3,16,17). The molecule has 0 amide bonds. The SMILES string of the molecule is CCC(CC)N(CCO)c1ccc(C(=N)N)cc1Cl. The van der Waals surface area contributed by atoms with Crippen LogP contribution in [0.3, 0.4) is 0 Å². The molecule has 0 spiro atoms. The van der Waals surface area contributed by atoms with E-state index in [-0.39, 0.29) is 12.4 Å². The van der Waals surface area contributed by atoms with Crippen molar-refractivity contribution >= 4 is 23.1 Å². The van der Waals surface area contributed by atoms with Crippen LogP contribution in [0.2, 0.25) is 5.02 Å². The number of nitrogen functional groups attached to an aromatic ring is 1. The predicted molar refractivity (Wildman–Crippen MR) is 81.3 cm³/mol. The maximum atomic E-state index is 9.23. The molecule has 106 valence electrons. The lowest BCUT2D eigenvalue weighted by Crippen LogP contribution is -2.37. The summed E-state index contributed by atoms with van der Waals surface area (Å²) in [6.45, 7) is 4.87. The van der Waals surface area contributed by atoms with E-state index in [1.807, 2.05) is 6.07 Å². The Morgan fingerprint density at radius 1 is 1.42 bits per heavy atom. The Bertz CT molecular complexity index is 433. The molecule has 5 heteroatoms. The van der Waals surface area contributed by atoms with Crippen LogP contribution in [-0.4, -0.2) is 30.1 Å². The monoisotopic (exact) mass is 283 g/mol. The van der Waals surface area contributed by atoms with Crippen molar-refractivity contribution < 1.29 is 5.11 Å². The van der Waals surface area contributed by atoms with E-state index in [2.05, 4.69) is 18.7 Å². The molecule has 19 heavy (non-hydrogen) atoms. The third-order valence-corrected chi connectivity index (χ3v) is 3.60. The first-order chi connectivity index (χ1) is 9.04. The van der Waals surface area contributed by atoms with Crippen molar-refractivity contribution in [1.82, 2.24) is 0 Å². The molecule has 1 rings (SSSR count). The second-order valence-electron chi connectivity index (χ2n) is 4.47. The third kappa shape index (κ3) is 3.85. The molecule has 0 heterocycles. The van der Waals surface area contributed by atoms with Gasteiger partial charge in [0.1, 0.15) is 5.84 Å². The van der Waals surface area contributed by atoms with Crippen LogP contribution in [-0.2, 0) is 0 Å². The molecule has 4 nitrogen and oxygen atoms in total. The highest BCUT2D eigenvalue weighted by atomic mass is 35.5. The Morgan fingerprint density at radius 3 is 2.47 bits per heavy atom. The van der Waals surface area contributed by atoms with E-state index in [0.717, 1.165) is 18.5 Å². The van der Waals surface area contributed by atoms with Crippen LogP contribution in [0.15, 0.2) is 18.2 Å². The van der Waals surface area contributed by atoms with Gasteiger partial charge < -0.3 is 15.7 Å². The summed E-state index contributed by atoms with van der Waals surface area (Å²) in [6.07, 6.45) is 1.97. The van der Waals surface area contributed by atoms with Crippen LogP contribution in [0.5, 0.6) is 0 Å². The molecule has 0 saturated carbocycles. The maximum absolute atomic E-state index is 9.23. The summed E-state index contributed by atoms with van der Waals surface area (Å²) in [5.41, 5.74) is 6.95. The van der Waals surface area contributed by atoms with Crippen LogP contribution in [0.25, 0.3) is 0 Å². The summed E-state index contributed by atoms with van der Waals surface area (Å²) in [5, 5.41) is 17.2. The smallest absolute Gasteiger partial charge is 0.122 e. The van der Waals surface area contributed by atoms with Gasteiger partial charge in [0, 0.05) is 18.2 Å². The van der Waals surface area contributed by atoms with Gasteiger partial charge in [-0.05, 0) is 31.0 Å². The quantitative estimate of drug-likeness (QED) is 0.532. The van der Waals surface area contributed by atoms with Crippen LogP contribution in [0.4, 0.5) is 5.69 Å². The first-order valence-corrected chi connectivity index (χ1v) is 6.94. The van der Waals surface area contributed by atoms with Gasteiger partial charge in [-0.25, -0.2) is 0 Å². The summed E-state index contributed by atoms with van der Waals surface area (Å²) in [7, 11) is 0. The molecule has 0 aliphatic heterocycles. The lowest BCUT2D eigenvalue weighted by atomic mass is 10.1. The number of hydrogen-bond donors (Lipinski definition) is 3. The lowest BCUT2D eigenvalue weighted by Gasteiger charge is -2.33. The molecule has 0 fully saturated rings. The van der Waals surface area contributed by atoms with Crippen molar-refractivity contribution in [3.8, 4) is 0 Å². The molecule has 1 aromatic carbocycles. The Labute approximate surface area is 119 Å². The van der Waals surface area contributed by atoms with E-state index < -0.39 is 0 Å². The minimum Gasteiger partial charge on any atom is -0.395 e. The van der Waals surface area contributed by atoms with Gasteiger partial charge in [-0.2, -0.15) is 0 Å². The van der Waals surface area contributed by atoms with Gasteiger partial charge in [-0.1, -0.05) is 25.4 Å². The van der Waals surface area contributed by atoms with Crippen LogP contribution < -0.4 is 10.6 Å². The highest BCUT2D eigenvalue weighted by molar-refractivity contribution is 6.33. The number of halogens is 1. The van der Waals surface area contributed by atoms with E-state index in [1.165, 1.54) is 0 Å². The Kier molecular flexibility index (Phi) is 6.12. The highest BCUT2D eigenvalue weighted by Gasteiger charge is 2.18. The number of aliphatic hydroxyl groups is 1. The number of nitrogens with zero attached hydrogens (tertiary/aromatic N) is 1. The summed E-state index contributed by atoms with van der Waals surface area (Å²) in [5.74, 6) is 0.00434. The normalized spacial score (nSPS) is 10.8. The predicted octanol–water partition coefficient (Wildman–Crippen LogP) is 2.61. The van der Waals surface area contributed by atoms with Crippen LogP contribution in [0, 0.1) is 5.41 Å². The fraction of sp³-hybridized carbons (Fsp3) is 0.500. The van der Waals surface area contributed by atoms with Gasteiger partial charge >= 0.3 is 0 Å². The molecule has 0 atom stereocenters. The third-order valence-electron chi connectivity index (χ3n) is 3.29. The van der Waals surface area contributed by atoms with E-state index >= 15 is 0 Å². The van der Waals surface area contributed by atoms with E-state index in [4.69, 9.17) is 22.7 Å². The zero-order chi connectivity index (χ0) is 14.4. The van der Waals surface area contributed by atoms with Crippen molar-refractivity contribution in [3.05, 3.63) is 28.8 Å². The molecular weight excluding hydrogens is 262 g/mol. The summed E-state index contributed by atoms with van der Waals surface area (Å²) in [6, 6.07) is 5.70. The van der Waals surface area contributed by atoms with Crippen LogP contribution >= 0.6 is 11.6 Å². The molecule has 0 aromatic heterocycles. The molecule has 0 aliphatic carbocycles. The number of aliphatic hydroxyl groups excluding tert-OH is 1. The van der Waals surface area contributed by atoms with Crippen molar-refractivity contribution in [2.45, 2.75) is 32.7 Å². The topological polar surface area (TPSA) is 73.3 Å². The summed E-state index contributed by atoms with van der Waals surface area (Å²) < 4.78 is 0. The number of benzene rings is 1. The number of hydrogen-bond acceptors (Lipinski definition) is 3. The van der Waals surface area contributed by atoms with Gasteiger partial charge in [-0.3, -0.25) is 5.41 Å². The summed E-state index contributed by atoms with van der Waals surface area (Å²) >= 11 is 6.29. The second kappa shape index (κ2) is 7.36. The fourth-order valence-corrected chi connectivity index (χ4v) is 2.53. The number of nitrogens with two attached hydrogens (primary N) is 1. The fourth-order valence-electron chi connectivity index (χ4n) is 2.24. The van der Waals surface area contributed by atoms with Gasteiger partial charge in [-0.15, -0.1) is 0 Å². The number of amidine groups is 1. The maximum Gasteiger partial charge on any atom is 0.122 e. The minimum absolute atomic E-state index is 0.00434. The molecule has 0 saturated heterocycles. The second-order valence-corrected chi connectivity index (χ2v) is 4.87. The zero-order valence-electron chi connectivity index (χ0n) is 11.5. The summed E-state index contributed by atoms with van der Waals surface area (Å²) in [4.78, 5) is 2.12. The highest BCUT2D eigenvalue weighted by Crippen LogP contribution is 2.29. The van der Waals surface area contributed by atoms with Crippen molar-refractivity contribution in [2.24, 2.45) is 5.73 Å². The van der Waals surface area contributed by atoms with Crippen molar-refractivity contribution in [2.75, 3.05) is 18.1 Å². The molecule has 0 unspecified atom stereocenters. The molecule has 0 bridgehead atoms. The van der Waals surface area contributed by atoms with Crippen molar-refractivity contribution in [3.63, 3.8) is 0 Å². The van der Waals surface area contributed by atoms with Gasteiger partial charge in [0.2, 0.25) is 0 Å². The van der Waals surface area contributed by atoms with Gasteiger partial charge in [0.15, 0.2) is 0 Å². The number of nitrogens with one attached hydrogen (secondary N) is 1. The van der Waals surface area contributed by atoms with E-state index in [9.17, 15) is 5.11 Å². The zero-order valence-corrected chi connectivity index (χ0v) is 12.2. The number of rotatable bonds is 7. The van der Waals surface area contributed by atoms with Crippen molar-refractivity contribution in [1.29, 1.82) is 5.41 Å². The molecule has 1 aromatic rings. The first-order valence-electron chi connectivity index (χ1n) is 6.56. The Hall–Kier alpha value is -1.26. The molecule has 4 N–H and O–H groups in total. The van der Waals surface area contributed by atoms with Gasteiger partial charge in [0.25, 0.3) is 0 Å². The average Bonchev–Trinajstić information content (AvgIpc) is 2.39. The largest absolute Gasteiger partial charge is 0.395 e. The number of anilines is 1. The Morgan fingerprint density at radius 2 is 2.05 bits per heavy atom. The average molecular weight is 284 g/mol. The lowest BCUT2D eigenvalue weighted by molar-refractivity contribution is 0.296. The molecular formula is C14H22ClN3O. The minimum atomic E-state index is 0.00434. The van der Waals surface area contributed by atoms with E-state index in [1.54, 1.807) is 12.1 Å². The first kappa shape index (κ1) is 15.8. The van der Waals surface area contributed by atoms with Gasteiger partial charge in [0.05, 0.1) is 17.3 Å². The molecule has 0 aliphatic rings. The van der Waals surface area contributed by atoms with E-state index in [0.29, 0.717) is 23.2 Å². The molecule has 0 radical (unpaired) electrons. The Balaban J connectivity index is 3.12. The van der Waals surface area contributed by atoms with Crippen LogP contribution in [0.1, 0.15) is 32.3 Å².